The van der Waals surface area contributed by atoms with Gasteiger partial charge in [0.25, 0.3) is 0 Å². The summed E-state index contributed by atoms with van der Waals surface area (Å²) in [7, 11) is -4.79. The molecule has 0 aromatic rings. The van der Waals surface area contributed by atoms with Crippen LogP contribution in [0.25, 0.3) is 0 Å². The van der Waals surface area contributed by atoms with Crippen LogP contribution in [0.5, 0.6) is 0 Å². The Bertz CT molecular complexity index is 346. The van der Waals surface area contributed by atoms with Crippen molar-refractivity contribution in [3.63, 3.8) is 0 Å². The minimum Gasteiger partial charge on any atom is -0.388 e. The van der Waals surface area contributed by atoms with Gasteiger partial charge in [-0.15, -0.1) is 0 Å². The molecule has 0 amide bonds. The number of hydrogen-bond acceptors (Lipinski definition) is 8. The second-order valence-electron chi connectivity index (χ2n) is 4.25. The van der Waals surface area contributed by atoms with Gasteiger partial charge in [0.15, 0.2) is 6.29 Å². The van der Waals surface area contributed by atoms with E-state index in [1.165, 1.54) is 0 Å². The fraction of sp³-hybridized carbons (Fsp3) is 1.00. The van der Waals surface area contributed by atoms with Gasteiger partial charge in [-0.3, -0.25) is 4.52 Å². The minimum absolute atomic E-state index is 0.145. The summed E-state index contributed by atoms with van der Waals surface area (Å²) in [5, 5.41) is 38.6. The summed E-state index contributed by atoms with van der Waals surface area (Å²) in [6.45, 7) is 0.926. The van der Waals surface area contributed by atoms with Crippen molar-refractivity contribution in [1.82, 2.24) is 0 Å². The topological polar surface area (TPSA) is 166 Å². The fourth-order valence-electron chi connectivity index (χ4n) is 1.76. The van der Waals surface area contributed by atoms with Crippen LogP contribution in [0.4, 0.5) is 0 Å². The summed E-state index contributed by atoms with van der Waals surface area (Å²) in [4.78, 5) is 17.0. The molecule has 0 saturated carbocycles. The maximum absolute atomic E-state index is 10.5. The smallest absolute Gasteiger partial charge is 0.388 e. The van der Waals surface area contributed by atoms with E-state index in [0.29, 0.717) is 0 Å². The highest BCUT2D eigenvalue weighted by Crippen LogP contribution is 2.36. The first-order valence-electron chi connectivity index (χ1n) is 5.86. The lowest BCUT2D eigenvalue weighted by atomic mass is 9.95. The molecule has 120 valence electrons. The number of aliphatic hydroxyl groups excluding tert-OH is 4. The van der Waals surface area contributed by atoms with Crippen molar-refractivity contribution < 1.29 is 48.8 Å². The molecule has 1 aliphatic rings. The predicted molar refractivity (Wildman–Crippen MR) is 62.3 cm³/mol. The van der Waals surface area contributed by atoms with Crippen LogP contribution in [0.2, 0.25) is 0 Å². The lowest BCUT2D eigenvalue weighted by Gasteiger charge is -2.41. The number of hydrogen-bond donors (Lipinski definition) is 6. The molecular formula is C9H19O10P. The zero-order valence-corrected chi connectivity index (χ0v) is 11.5. The van der Waals surface area contributed by atoms with E-state index in [-0.39, 0.29) is 6.61 Å². The molecule has 11 heteroatoms. The molecule has 1 saturated heterocycles. The Kier molecular flexibility index (Phi) is 6.48. The van der Waals surface area contributed by atoms with Crippen molar-refractivity contribution in [3.05, 3.63) is 0 Å². The Morgan fingerprint density at radius 2 is 1.80 bits per heavy atom. The first-order valence-corrected chi connectivity index (χ1v) is 7.39. The van der Waals surface area contributed by atoms with Crippen LogP contribution < -0.4 is 0 Å². The first kappa shape index (κ1) is 17.9. The Morgan fingerprint density at radius 1 is 1.20 bits per heavy atom. The average Bonchev–Trinajstić information content (AvgIpc) is 2.36. The van der Waals surface area contributed by atoms with Crippen molar-refractivity contribution in [2.24, 2.45) is 0 Å². The summed E-state index contributed by atoms with van der Waals surface area (Å²) in [6, 6.07) is 0. The maximum Gasteiger partial charge on any atom is 0.469 e. The molecule has 0 aromatic heterocycles. The summed E-state index contributed by atoms with van der Waals surface area (Å²) < 4.78 is 24.7. The van der Waals surface area contributed by atoms with E-state index in [4.69, 9.17) is 19.3 Å². The molecule has 6 N–H and O–H groups in total. The molecule has 1 rings (SSSR count). The summed E-state index contributed by atoms with van der Waals surface area (Å²) >= 11 is 0. The van der Waals surface area contributed by atoms with Crippen LogP contribution in [0.3, 0.4) is 0 Å². The zero-order chi connectivity index (χ0) is 15.5. The van der Waals surface area contributed by atoms with Gasteiger partial charge in [-0.1, -0.05) is 0 Å². The molecular weight excluding hydrogens is 299 g/mol. The fourth-order valence-corrected chi connectivity index (χ4v) is 2.11. The number of ether oxygens (including phenoxy) is 2. The van der Waals surface area contributed by atoms with E-state index in [1.54, 1.807) is 6.92 Å². The number of aliphatic hydroxyl groups is 4. The van der Waals surface area contributed by atoms with E-state index in [0.717, 1.165) is 0 Å². The summed E-state index contributed by atoms with van der Waals surface area (Å²) in [6.07, 6.45) is -9.18. The Balaban J connectivity index is 2.69. The highest BCUT2D eigenvalue weighted by atomic mass is 31.2. The van der Waals surface area contributed by atoms with Crippen LogP contribution in [-0.2, 0) is 18.6 Å². The minimum atomic E-state index is -4.79. The molecule has 1 fully saturated rings. The molecule has 1 aliphatic heterocycles. The molecule has 0 aromatic carbocycles. The van der Waals surface area contributed by atoms with E-state index >= 15 is 0 Å². The van der Waals surface area contributed by atoms with Crippen LogP contribution in [0.1, 0.15) is 6.92 Å². The standard InChI is InChI=1S/C9H19O10P/c1-2-17-9-7(13)5(11)6(12)8(19-9)4(10)3-18-20(14,15)16/h4-13H,2-3H2,1H3,(H2,14,15,16)/t4-,5-,6-,7-,8+,9-/m0/s1. The molecule has 0 bridgehead atoms. The second kappa shape index (κ2) is 7.23. The molecule has 0 unspecified atom stereocenters. The van der Waals surface area contributed by atoms with E-state index in [9.17, 15) is 25.0 Å². The highest BCUT2D eigenvalue weighted by Gasteiger charge is 2.47. The molecule has 1 heterocycles. The van der Waals surface area contributed by atoms with E-state index in [1.807, 2.05) is 0 Å². The van der Waals surface area contributed by atoms with Crippen LogP contribution in [0.15, 0.2) is 0 Å². The summed E-state index contributed by atoms with van der Waals surface area (Å²) in [5.41, 5.74) is 0. The van der Waals surface area contributed by atoms with Crippen LogP contribution in [0, 0.1) is 0 Å². The van der Waals surface area contributed by atoms with Crippen molar-refractivity contribution in [1.29, 1.82) is 0 Å². The largest absolute Gasteiger partial charge is 0.469 e. The highest BCUT2D eigenvalue weighted by molar-refractivity contribution is 7.46. The third kappa shape index (κ3) is 4.71. The van der Waals surface area contributed by atoms with Crippen molar-refractivity contribution in [3.8, 4) is 0 Å². The van der Waals surface area contributed by atoms with E-state index < -0.39 is 51.2 Å². The van der Waals surface area contributed by atoms with Crippen molar-refractivity contribution in [2.45, 2.75) is 43.7 Å². The molecule has 0 radical (unpaired) electrons. The molecule has 0 spiro atoms. The third-order valence-electron chi connectivity index (χ3n) is 2.73. The monoisotopic (exact) mass is 318 g/mol. The quantitative estimate of drug-likeness (QED) is 0.284. The van der Waals surface area contributed by atoms with Gasteiger partial charge in [0.1, 0.15) is 30.5 Å². The van der Waals surface area contributed by atoms with Crippen molar-refractivity contribution in [2.75, 3.05) is 13.2 Å². The average molecular weight is 318 g/mol. The maximum atomic E-state index is 10.5. The van der Waals surface area contributed by atoms with Gasteiger partial charge in [0, 0.05) is 6.61 Å². The lowest BCUT2D eigenvalue weighted by Crippen LogP contribution is -2.61. The lowest BCUT2D eigenvalue weighted by molar-refractivity contribution is -0.310. The van der Waals surface area contributed by atoms with Gasteiger partial charge < -0.3 is 39.7 Å². The first-order chi connectivity index (χ1) is 9.17. The molecule has 0 aliphatic carbocycles. The van der Waals surface area contributed by atoms with Gasteiger partial charge in [0.05, 0.1) is 6.61 Å². The van der Waals surface area contributed by atoms with Crippen LogP contribution >= 0.6 is 7.82 Å². The SMILES string of the molecule is CCO[C@H]1O[C@H]([C@@H](O)COP(=O)(O)O)[C@@H](O)[C@H](O)[C@@H]1O. The normalized spacial score (nSPS) is 36.9. The number of phosphoric acid groups is 1. The molecule has 6 atom stereocenters. The number of phosphoric ester groups is 1. The van der Waals surface area contributed by atoms with Gasteiger partial charge >= 0.3 is 7.82 Å². The molecule has 10 nitrogen and oxygen atoms in total. The predicted octanol–water partition coefficient (Wildman–Crippen LogP) is -2.70. The van der Waals surface area contributed by atoms with Gasteiger partial charge in [-0.05, 0) is 6.92 Å². The van der Waals surface area contributed by atoms with E-state index in [2.05, 4.69) is 4.52 Å². The zero-order valence-electron chi connectivity index (χ0n) is 10.6. The number of rotatable bonds is 6. The third-order valence-corrected chi connectivity index (χ3v) is 3.22. The van der Waals surface area contributed by atoms with Crippen LogP contribution in [-0.4, -0.2) is 80.2 Å². The second-order valence-corrected chi connectivity index (χ2v) is 5.49. The molecule has 20 heavy (non-hydrogen) atoms. The Labute approximate surface area is 114 Å². The summed E-state index contributed by atoms with van der Waals surface area (Å²) in [5.74, 6) is 0. The van der Waals surface area contributed by atoms with Gasteiger partial charge in [-0.2, -0.15) is 0 Å². The van der Waals surface area contributed by atoms with Crippen molar-refractivity contribution >= 4 is 7.82 Å². The Morgan fingerprint density at radius 3 is 2.30 bits per heavy atom. The Hall–Kier alpha value is -0.130. The van der Waals surface area contributed by atoms with Gasteiger partial charge in [-0.25, -0.2) is 4.57 Å². The van der Waals surface area contributed by atoms with Gasteiger partial charge in [0.2, 0.25) is 0 Å².